The molecule has 1 nitrogen and oxygen atoms in total. The highest BCUT2D eigenvalue weighted by molar-refractivity contribution is 5.42. The van der Waals surface area contributed by atoms with E-state index in [-0.39, 0.29) is 5.41 Å². The van der Waals surface area contributed by atoms with Crippen molar-refractivity contribution < 1.29 is 0 Å². The van der Waals surface area contributed by atoms with Crippen molar-refractivity contribution in [2.75, 3.05) is 13.6 Å². The van der Waals surface area contributed by atoms with Gasteiger partial charge in [0.15, 0.2) is 0 Å². The first-order valence-electron chi connectivity index (χ1n) is 6.86. The zero-order valence-corrected chi connectivity index (χ0v) is 11.3. The minimum atomic E-state index is 0.133. The van der Waals surface area contributed by atoms with E-state index in [9.17, 15) is 0 Å². The average Bonchev–Trinajstić information content (AvgIpc) is 2.72. The van der Waals surface area contributed by atoms with Crippen LogP contribution in [0.25, 0.3) is 0 Å². The van der Waals surface area contributed by atoms with Crippen molar-refractivity contribution >= 4 is 0 Å². The Morgan fingerprint density at radius 2 is 1.78 bits per heavy atom. The third-order valence-corrected chi connectivity index (χ3v) is 4.18. The van der Waals surface area contributed by atoms with E-state index in [0.29, 0.717) is 0 Å². The van der Waals surface area contributed by atoms with Crippen LogP contribution in [0.3, 0.4) is 0 Å². The van der Waals surface area contributed by atoms with Gasteiger partial charge < -0.3 is 4.90 Å². The van der Waals surface area contributed by atoms with Gasteiger partial charge in [-0.1, -0.05) is 43.3 Å². The summed E-state index contributed by atoms with van der Waals surface area (Å²) in [6, 6.07) is 10.9. The van der Waals surface area contributed by atoms with Gasteiger partial charge in [0, 0.05) is 25.2 Å². The van der Waals surface area contributed by atoms with Gasteiger partial charge in [0.05, 0.1) is 0 Å². The van der Waals surface area contributed by atoms with Gasteiger partial charge in [-0.3, -0.25) is 0 Å². The van der Waals surface area contributed by atoms with Crippen LogP contribution in [0.2, 0.25) is 0 Å². The summed E-state index contributed by atoms with van der Waals surface area (Å²) in [5.74, 6) is 0. The summed E-state index contributed by atoms with van der Waals surface area (Å²) in [4.78, 5) is 2.36. The monoisotopic (exact) mass is 239 g/mol. The number of rotatable bonds is 1. The molecule has 1 atom stereocenters. The fraction of sp³-hybridized carbons (Fsp3) is 0.412. The van der Waals surface area contributed by atoms with E-state index < -0.39 is 0 Å². The van der Waals surface area contributed by atoms with Crippen LogP contribution in [-0.2, 0) is 5.41 Å². The van der Waals surface area contributed by atoms with Crippen molar-refractivity contribution in [2.45, 2.75) is 31.6 Å². The molecule has 1 aliphatic heterocycles. The first-order chi connectivity index (χ1) is 8.67. The highest BCUT2D eigenvalue weighted by atomic mass is 15.1. The normalized spacial score (nSPS) is 27.3. The molecule has 1 aromatic rings. The van der Waals surface area contributed by atoms with Crippen LogP contribution < -0.4 is 0 Å². The number of nitrogens with zero attached hydrogens (tertiary/aromatic N) is 1. The first kappa shape index (κ1) is 11.6. The second-order valence-corrected chi connectivity index (χ2v) is 5.88. The Morgan fingerprint density at radius 1 is 1.06 bits per heavy atom. The Balaban J connectivity index is 2.05. The van der Waals surface area contributed by atoms with E-state index in [4.69, 9.17) is 0 Å². The zero-order chi connectivity index (χ0) is 12.6. The summed E-state index contributed by atoms with van der Waals surface area (Å²) in [6.07, 6.45) is 8.69. The van der Waals surface area contributed by atoms with Gasteiger partial charge >= 0.3 is 0 Å². The fourth-order valence-electron chi connectivity index (χ4n) is 3.36. The second kappa shape index (κ2) is 4.31. The maximum Gasteiger partial charge on any atom is 0.0298 e. The van der Waals surface area contributed by atoms with E-state index in [0.717, 1.165) is 6.54 Å². The number of hydrogen-bond donors (Lipinski definition) is 0. The molecule has 2 aliphatic rings. The van der Waals surface area contributed by atoms with E-state index in [1.54, 1.807) is 11.1 Å². The molecule has 18 heavy (non-hydrogen) atoms. The van der Waals surface area contributed by atoms with E-state index >= 15 is 0 Å². The quantitative estimate of drug-likeness (QED) is 0.719. The number of benzene rings is 1. The lowest BCUT2D eigenvalue weighted by molar-refractivity contribution is 0.373. The molecule has 94 valence electrons. The number of hydrogen-bond acceptors (Lipinski definition) is 1. The lowest BCUT2D eigenvalue weighted by Gasteiger charge is -2.30. The molecule has 1 aromatic carbocycles. The summed E-state index contributed by atoms with van der Waals surface area (Å²) >= 11 is 0. The standard InChI is InChI=1S/C17H21N/c1-17(16-9-4-3-5-10-16)11-14-7-6-8-15(14)12-18(2)13-17/h3-5,9-12H,6-8,13H2,1-2H3. The third-order valence-electron chi connectivity index (χ3n) is 4.18. The highest BCUT2D eigenvalue weighted by Gasteiger charge is 2.30. The molecule has 1 unspecified atom stereocenters. The van der Waals surface area contributed by atoms with Crippen LogP contribution in [0.15, 0.2) is 53.8 Å². The average molecular weight is 239 g/mol. The molecule has 3 rings (SSSR count). The molecule has 0 N–H and O–H groups in total. The van der Waals surface area contributed by atoms with Gasteiger partial charge in [-0.2, -0.15) is 0 Å². The molecule has 1 heterocycles. The van der Waals surface area contributed by atoms with Crippen LogP contribution in [0.5, 0.6) is 0 Å². The molecule has 0 bridgehead atoms. The third kappa shape index (κ3) is 1.98. The Labute approximate surface area is 110 Å². The molecule has 0 saturated heterocycles. The number of fused-ring (bicyclic) bond motifs is 1. The summed E-state index contributed by atoms with van der Waals surface area (Å²) in [6.45, 7) is 3.42. The van der Waals surface area contributed by atoms with Gasteiger partial charge in [-0.25, -0.2) is 0 Å². The van der Waals surface area contributed by atoms with Crippen LogP contribution in [0, 0.1) is 0 Å². The van der Waals surface area contributed by atoms with Gasteiger partial charge in [0.1, 0.15) is 0 Å². The molecular weight excluding hydrogens is 218 g/mol. The first-order valence-corrected chi connectivity index (χ1v) is 6.86. The molecule has 1 aliphatic carbocycles. The van der Waals surface area contributed by atoms with Gasteiger partial charge in [0.25, 0.3) is 0 Å². The molecule has 0 aromatic heterocycles. The van der Waals surface area contributed by atoms with E-state index in [1.807, 2.05) is 0 Å². The number of likely N-dealkylation sites (N-methyl/N-ethyl adjacent to an activating group) is 1. The van der Waals surface area contributed by atoms with Crippen molar-refractivity contribution in [3.8, 4) is 0 Å². The smallest absolute Gasteiger partial charge is 0.0298 e. The summed E-state index contributed by atoms with van der Waals surface area (Å²) in [5, 5.41) is 0. The van der Waals surface area contributed by atoms with Crippen molar-refractivity contribution in [2.24, 2.45) is 0 Å². The summed E-state index contributed by atoms with van der Waals surface area (Å²) < 4.78 is 0. The van der Waals surface area contributed by atoms with Crippen LogP contribution in [-0.4, -0.2) is 18.5 Å². The maximum atomic E-state index is 2.52. The predicted octanol–water partition coefficient (Wildman–Crippen LogP) is 3.88. The Bertz CT molecular complexity index is 498. The van der Waals surface area contributed by atoms with Crippen molar-refractivity contribution in [1.29, 1.82) is 0 Å². The molecule has 0 spiro atoms. The summed E-state index contributed by atoms with van der Waals surface area (Å²) in [7, 11) is 2.20. The van der Waals surface area contributed by atoms with Crippen LogP contribution in [0.4, 0.5) is 0 Å². The Morgan fingerprint density at radius 3 is 2.56 bits per heavy atom. The summed E-state index contributed by atoms with van der Waals surface area (Å²) in [5.41, 5.74) is 4.68. The lowest BCUT2D eigenvalue weighted by atomic mass is 9.80. The second-order valence-electron chi connectivity index (χ2n) is 5.88. The molecule has 0 amide bonds. The predicted molar refractivity (Wildman–Crippen MR) is 76.4 cm³/mol. The van der Waals surface area contributed by atoms with E-state index in [2.05, 4.69) is 61.5 Å². The minimum absolute atomic E-state index is 0.133. The minimum Gasteiger partial charge on any atom is -0.379 e. The lowest BCUT2D eigenvalue weighted by Crippen LogP contribution is -2.32. The van der Waals surface area contributed by atoms with Crippen molar-refractivity contribution in [3.63, 3.8) is 0 Å². The van der Waals surface area contributed by atoms with Crippen LogP contribution >= 0.6 is 0 Å². The van der Waals surface area contributed by atoms with Crippen molar-refractivity contribution in [3.05, 3.63) is 59.3 Å². The molecule has 1 heteroatoms. The molecular formula is C17H21N. The highest BCUT2D eigenvalue weighted by Crippen LogP contribution is 2.38. The molecule has 1 saturated carbocycles. The molecule has 0 radical (unpaired) electrons. The Kier molecular flexibility index (Phi) is 2.77. The largest absolute Gasteiger partial charge is 0.379 e. The molecule has 1 fully saturated rings. The van der Waals surface area contributed by atoms with Gasteiger partial charge in [-0.05, 0) is 36.0 Å². The van der Waals surface area contributed by atoms with E-state index in [1.165, 1.54) is 24.8 Å². The maximum absolute atomic E-state index is 2.52. The van der Waals surface area contributed by atoms with Gasteiger partial charge in [0.2, 0.25) is 0 Å². The zero-order valence-electron chi connectivity index (χ0n) is 11.3. The SMILES string of the molecule is CN1C=C2CCCC2=CC(C)(c2ccccc2)C1. The Hall–Kier alpha value is -1.50. The van der Waals surface area contributed by atoms with Crippen molar-refractivity contribution in [1.82, 2.24) is 4.90 Å². The number of allylic oxidation sites excluding steroid dienone is 2. The van der Waals surface area contributed by atoms with Crippen LogP contribution in [0.1, 0.15) is 31.7 Å². The fourth-order valence-corrected chi connectivity index (χ4v) is 3.36. The topological polar surface area (TPSA) is 3.24 Å². The van der Waals surface area contributed by atoms with Gasteiger partial charge in [-0.15, -0.1) is 0 Å².